The molecule has 0 bridgehead atoms. The number of allylic oxidation sites excluding steroid dienone is 3. The number of rotatable bonds is 9. The highest BCUT2D eigenvalue weighted by Gasteiger charge is 2.42. The summed E-state index contributed by atoms with van der Waals surface area (Å²) in [6.45, 7) is 0.00237. The van der Waals surface area contributed by atoms with Gasteiger partial charge in [-0.1, -0.05) is 54.6 Å². The lowest BCUT2D eigenvalue weighted by Crippen LogP contribution is -2.47. The third kappa shape index (κ3) is 5.80. The molecule has 0 saturated heterocycles. The monoisotopic (exact) mass is 450 g/mol. The summed E-state index contributed by atoms with van der Waals surface area (Å²) in [6.07, 6.45) is 9.15. The molecule has 0 spiro atoms. The van der Waals surface area contributed by atoms with Crippen molar-refractivity contribution in [1.82, 2.24) is 10.6 Å². The Balaban J connectivity index is 1.40. The summed E-state index contributed by atoms with van der Waals surface area (Å²) >= 11 is 0. The number of aliphatic hydroxyl groups is 2. The van der Waals surface area contributed by atoms with Crippen LogP contribution in [0.15, 0.2) is 77.4 Å². The highest BCUT2D eigenvalue weighted by Crippen LogP contribution is 2.36. The highest BCUT2D eigenvalue weighted by molar-refractivity contribution is 5.91. The molecule has 4 rings (SSSR count). The summed E-state index contributed by atoms with van der Waals surface area (Å²) in [7, 11) is 0. The molecule has 1 heterocycles. The van der Waals surface area contributed by atoms with E-state index in [1.54, 1.807) is 12.1 Å². The van der Waals surface area contributed by atoms with Gasteiger partial charge in [-0.3, -0.25) is 9.59 Å². The average molecular weight is 451 g/mol. The smallest absolute Gasteiger partial charge is 0.287 e. The fourth-order valence-corrected chi connectivity index (χ4v) is 4.75. The van der Waals surface area contributed by atoms with Gasteiger partial charge in [-0.15, -0.1) is 0 Å². The number of carbonyl (C=O) groups excluding carboxylic acids is 2. The van der Waals surface area contributed by atoms with Crippen LogP contribution in [0, 0.1) is 17.8 Å². The second kappa shape index (κ2) is 10.6. The zero-order chi connectivity index (χ0) is 23.2. The molecule has 7 heteroatoms. The molecule has 6 atom stereocenters. The van der Waals surface area contributed by atoms with E-state index in [0.29, 0.717) is 12.8 Å². The largest absolute Gasteiger partial charge is 0.459 e. The SMILES string of the molecule is O=C(NCC(O)CC(Cc1ccccc1)C(=O)NC1C(O)CC2C=CC=CC21)c1ccco1. The molecule has 1 aromatic heterocycles. The van der Waals surface area contributed by atoms with Gasteiger partial charge in [0, 0.05) is 18.4 Å². The Kier molecular flexibility index (Phi) is 7.42. The number of benzene rings is 1. The molecular weight excluding hydrogens is 420 g/mol. The molecule has 1 saturated carbocycles. The zero-order valence-corrected chi connectivity index (χ0v) is 18.3. The fourth-order valence-electron chi connectivity index (χ4n) is 4.75. The van der Waals surface area contributed by atoms with E-state index in [0.717, 1.165) is 5.56 Å². The summed E-state index contributed by atoms with van der Waals surface area (Å²) in [5.41, 5.74) is 0.981. The molecule has 0 radical (unpaired) electrons. The summed E-state index contributed by atoms with van der Waals surface area (Å²) < 4.78 is 5.06. The summed E-state index contributed by atoms with van der Waals surface area (Å²) in [4.78, 5) is 25.4. The minimum absolute atomic E-state index is 0.00237. The number of fused-ring (bicyclic) bond motifs is 1. The standard InChI is InChI=1S/C26H30N2O5/c29-20(16-27-26(32)23-11-6-12-33-23)14-19(13-17-7-2-1-3-8-17)25(31)28-24-21-10-5-4-9-18(21)15-22(24)30/h1-12,18-22,24,29-30H,13-16H2,(H,27,32)(H,28,31). The Morgan fingerprint density at radius 3 is 2.64 bits per heavy atom. The summed E-state index contributed by atoms with van der Waals surface area (Å²) in [5, 5.41) is 26.9. The second-order valence-electron chi connectivity index (χ2n) is 8.81. The first-order valence-electron chi connectivity index (χ1n) is 11.4. The lowest BCUT2D eigenvalue weighted by Gasteiger charge is -2.27. The van der Waals surface area contributed by atoms with Crippen LogP contribution in [0.25, 0.3) is 0 Å². The van der Waals surface area contributed by atoms with Crippen molar-refractivity contribution < 1.29 is 24.2 Å². The van der Waals surface area contributed by atoms with Gasteiger partial charge in [-0.2, -0.15) is 0 Å². The Bertz CT molecular complexity index is 985. The van der Waals surface area contributed by atoms with Crippen molar-refractivity contribution in [3.05, 3.63) is 84.4 Å². The topological polar surface area (TPSA) is 112 Å². The lowest BCUT2D eigenvalue weighted by molar-refractivity contribution is -0.127. The molecule has 2 aliphatic carbocycles. The van der Waals surface area contributed by atoms with E-state index in [1.165, 1.54) is 6.26 Å². The maximum absolute atomic E-state index is 13.3. The first kappa shape index (κ1) is 23.0. The summed E-state index contributed by atoms with van der Waals surface area (Å²) in [6, 6.07) is 12.4. The predicted molar refractivity (Wildman–Crippen MR) is 123 cm³/mol. The van der Waals surface area contributed by atoms with E-state index in [-0.39, 0.29) is 42.5 Å². The number of amides is 2. The van der Waals surface area contributed by atoms with E-state index in [2.05, 4.69) is 16.7 Å². The van der Waals surface area contributed by atoms with Crippen molar-refractivity contribution in [2.45, 2.75) is 37.5 Å². The maximum atomic E-state index is 13.3. The molecule has 2 amide bonds. The van der Waals surface area contributed by atoms with Crippen molar-refractivity contribution in [2.75, 3.05) is 6.54 Å². The van der Waals surface area contributed by atoms with E-state index in [1.807, 2.05) is 48.6 Å². The first-order chi connectivity index (χ1) is 16.0. The molecular formula is C26H30N2O5. The Hall–Kier alpha value is -3.16. The van der Waals surface area contributed by atoms with Crippen molar-refractivity contribution in [3.63, 3.8) is 0 Å². The van der Waals surface area contributed by atoms with Crippen molar-refractivity contribution in [3.8, 4) is 0 Å². The van der Waals surface area contributed by atoms with Crippen LogP contribution in [0.3, 0.4) is 0 Å². The quantitative estimate of drug-likeness (QED) is 0.468. The minimum Gasteiger partial charge on any atom is -0.459 e. The van der Waals surface area contributed by atoms with E-state index in [9.17, 15) is 19.8 Å². The number of hydrogen-bond acceptors (Lipinski definition) is 5. The molecule has 6 unspecified atom stereocenters. The Labute approximate surface area is 193 Å². The molecule has 1 aromatic carbocycles. The Morgan fingerprint density at radius 1 is 1.09 bits per heavy atom. The van der Waals surface area contributed by atoms with E-state index >= 15 is 0 Å². The van der Waals surface area contributed by atoms with Crippen LogP contribution < -0.4 is 10.6 Å². The van der Waals surface area contributed by atoms with Gasteiger partial charge in [-0.05, 0) is 42.9 Å². The zero-order valence-electron chi connectivity index (χ0n) is 18.3. The lowest BCUT2D eigenvalue weighted by atomic mass is 9.88. The minimum atomic E-state index is -0.915. The van der Waals surface area contributed by atoms with Gasteiger partial charge < -0.3 is 25.3 Å². The molecule has 4 N–H and O–H groups in total. The third-order valence-corrected chi connectivity index (χ3v) is 6.44. The first-order valence-corrected chi connectivity index (χ1v) is 11.4. The van der Waals surface area contributed by atoms with Crippen LogP contribution in [0.2, 0.25) is 0 Å². The van der Waals surface area contributed by atoms with E-state index < -0.39 is 24.0 Å². The van der Waals surface area contributed by atoms with Gasteiger partial charge in [-0.25, -0.2) is 0 Å². The number of aliphatic hydroxyl groups excluding tert-OH is 2. The molecule has 2 aromatic rings. The van der Waals surface area contributed by atoms with Crippen molar-refractivity contribution in [1.29, 1.82) is 0 Å². The van der Waals surface area contributed by atoms with Crippen LogP contribution >= 0.6 is 0 Å². The number of furan rings is 1. The summed E-state index contributed by atoms with van der Waals surface area (Å²) in [5.74, 6) is -0.699. The molecule has 0 aliphatic heterocycles. The normalized spacial score (nSPS) is 25.3. The van der Waals surface area contributed by atoms with E-state index in [4.69, 9.17) is 4.42 Å². The number of carbonyl (C=O) groups is 2. The van der Waals surface area contributed by atoms with Crippen LogP contribution in [0.1, 0.15) is 29.0 Å². The molecule has 174 valence electrons. The van der Waals surface area contributed by atoms with Gasteiger partial charge >= 0.3 is 0 Å². The third-order valence-electron chi connectivity index (χ3n) is 6.44. The van der Waals surface area contributed by atoms with Crippen LogP contribution in [0.5, 0.6) is 0 Å². The van der Waals surface area contributed by atoms with Crippen molar-refractivity contribution in [2.24, 2.45) is 17.8 Å². The van der Waals surface area contributed by atoms with Gasteiger partial charge in [0.15, 0.2) is 5.76 Å². The molecule has 1 fully saturated rings. The van der Waals surface area contributed by atoms with Gasteiger partial charge in [0.05, 0.1) is 24.5 Å². The number of nitrogens with one attached hydrogen (secondary N) is 2. The van der Waals surface area contributed by atoms with Crippen LogP contribution in [0.4, 0.5) is 0 Å². The Morgan fingerprint density at radius 2 is 1.88 bits per heavy atom. The fraction of sp³-hybridized carbons (Fsp3) is 0.385. The highest BCUT2D eigenvalue weighted by atomic mass is 16.3. The predicted octanol–water partition coefficient (Wildman–Crippen LogP) is 2.23. The van der Waals surface area contributed by atoms with Gasteiger partial charge in [0.2, 0.25) is 5.91 Å². The second-order valence-corrected chi connectivity index (χ2v) is 8.81. The number of hydrogen-bond donors (Lipinski definition) is 4. The van der Waals surface area contributed by atoms with Gasteiger partial charge in [0.25, 0.3) is 5.91 Å². The molecule has 7 nitrogen and oxygen atoms in total. The molecule has 2 aliphatic rings. The van der Waals surface area contributed by atoms with Crippen LogP contribution in [-0.2, 0) is 11.2 Å². The maximum Gasteiger partial charge on any atom is 0.287 e. The average Bonchev–Trinajstić information content (AvgIpc) is 3.46. The van der Waals surface area contributed by atoms with Gasteiger partial charge in [0.1, 0.15) is 0 Å². The van der Waals surface area contributed by atoms with Crippen LogP contribution in [-0.4, -0.2) is 46.8 Å². The molecule has 33 heavy (non-hydrogen) atoms. The van der Waals surface area contributed by atoms with Crippen molar-refractivity contribution >= 4 is 11.8 Å².